The Morgan fingerprint density at radius 2 is 0.904 bits per heavy atom. The standard InChI is InChI=1S/C90H77FN2O/c1-5-62-29-42-73(43-30-62)93-87-28-20-18-26-81(87)82-58-66(39-56-88(82)93)68-38-54-79-78-53-37-67(59-84(78)89(3,4)85(79)60-68)65-35-44-71(45-36-65)92(72-46-40-70(91)41-47-72)74-48-55-80-77-25-17-19-27-83(77)90(86(80)61-74,69-23-15-13-16-24-69)57-21-12-10-8-7-9-11-14-22-64-33-51-76(52-34-64)94-75-49-31-63(6-2)32-50-75/h5-6,13,15-20,23-56,58-61H,1-2,7-12,14,21-22,57H2,3-4H3. The maximum Gasteiger partial charge on any atom is 0.127 e. The van der Waals surface area contributed by atoms with Gasteiger partial charge in [-0.25, -0.2) is 4.39 Å². The zero-order valence-corrected chi connectivity index (χ0v) is 53.8. The summed E-state index contributed by atoms with van der Waals surface area (Å²) in [6.45, 7) is 12.6. The minimum atomic E-state index is -0.345. The summed E-state index contributed by atoms with van der Waals surface area (Å²) in [5, 5.41) is 2.48. The summed E-state index contributed by atoms with van der Waals surface area (Å²) in [6.07, 6.45) is 15.6. The van der Waals surface area contributed by atoms with Crippen molar-refractivity contribution in [2.24, 2.45) is 0 Å². The molecule has 0 amide bonds. The van der Waals surface area contributed by atoms with Crippen molar-refractivity contribution in [3.8, 4) is 61.7 Å². The minimum Gasteiger partial charge on any atom is -0.457 e. The average molecular weight is 1220 g/mol. The van der Waals surface area contributed by atoms with E-state index in [1.165, 1.54) is 139 Å². The van der Waals surface area contributed by atoms with Crippen LogP contribution in [0.4, 0.5) is 21.5 Å². The third-order valence-electron chi connectivity index (χ3n) is 20.3. The van der Waals surface area contributed by atoms with Crippen molar-refractivity contribution < 1.29 is 9.13 Å². The maximum absolute atomic E-state index is 14.9. The lowest BCUT2D eigenvalue weighted by molar-refractivity contribution is 0.482. The van der Waals surface area contributed by atoms with E-state index in [1.807, 2.05) is 48.6 Å². The molecular formula is C90H77FN2O. The highest BCUT2D eigenvalue weighted by atomic mass is 19.1. The number of ether oxygens (including phenoxy) is 1. The van der Waals surface area contributed by atoms with Crippen LogP contribution in [0.1, 0.15) is 116 Å². The molecule has 0 aliphatic heterocycles. The Kier molecular flexibility index (Phi) is 16.2. The second-order valence-electron chi connectivity index (χ2n) is 26.3. The molecule has 94 heavy (non-hydrogen) atoms. The Balaban J connectivity index is 0.656. The molecule has 15 rings (SSSR count). The Labute approximate surface area is 553 Å². The van der Waals surface area contributed by atoms with Crippen LogP contribution in [0.5, 0.6) is 11.5 Å². The van der Waals surface area contributed by atoms with E-state index in [0.717, 1.165) is 70.2 Å². The number of hydrogen-bond donors (Lipinski definition) is 0. The van der Waals surface area contributed by atoms with Crippen LogP contribution >= 0.6 is 0 Å². The fourth-order valence-corrected chi connectivity index (χ4v) is 15.4. The van der Waals surface area contributed by atoms with Crippen LogP contribution in [0.2, 0.25) is 0 Å². The first-order chi connectivity index (χ1) is 46.1. The van der Waals surface area contributed by atoms with Crippen molar-refractivity contribution >= 4 is 51.0 Å². The first-order valence-corrected chi connectivity index (χ1v) is 33.7. The van der Waals surface area contributed by atoms with E-state index in [0.29, 0.717) is 0 Å². The molecule has 0 bridgehead atoms. The van der Waals surface area contributed by atoms with Gasteiger partial charge in [-0.1, -0.05) is 242 Å². The van der Waals surface area contributed by atoms with Gasteiger partial charge in [-0.05, 0) is 224 Å². The predicted octanol–water partition coefficient (Wildman–Crippen LogP) is 25.2. The number of para-hydroxylation sites is 1. The van der Waals surface area contributed by atoms with Crippen molar-refractivity contribution in [2.45, 2.75) is 88.9 Å². The quantitative estimate of drug-likeness (QED) is 0.0629. The molecule has 3 nitrogen and oxygen atoms in total. The fourth-order valence-electron chi connectivity index (χ4n) is 15.4. The van der Waals surface area contributed by atoms with Crippen LogP contribution < -0.4 is 9.64 Å². The summed E-state index contributed by atoms with van der Waals surface area (Å²) in [4.78, 5) is 2.30. The van der Waals surface area contributed by atoms with Gasteiger partial charge >= 0.3 is 0 Å². The number of anilines is 3. The van der Waals surface area contributed by atoms with Gasteiger partial charge in [-0.15, -0.1) is 0 Å². The van der Waals surface area contributed by atoms with Crippen LogP contribution in [-0.2, 0) is 17.3 Å². The molecule has 2 aliphatic rings. The molecule has 0 fully saturated rings. The van der Waals surface area contributed by atoms with E-state index in [1.54, 1.807) is 12.1 Å². The summed E-state index contributed by atoms with van der Waals surface area (Å²) >= 11 is 0. The van der Waals surface area contributed by atoms with Crippen molar-refractivity contribution in [1.82, 2.24) is 4.57 Å². The molecule has 460 valence electrons. The molecule has 1 aromatic heterocycles. The lowest BCUT2D eigenvalue weighted by Crippen LogP contribution is -2.27. The summed E-state index contributed by atoms with van der Waals surface area (Å²) in [6, 6.07) is 98.3. The number of aryl methyl sites for hydroxylation is 1. The third kappa shape index (κ3) is 11.1. The molecule has 4 heteroatoms. The second-order valence-corrected chi connectivity index (χ2v) is 26.3. The van der Waals surface area contributed by atoms with Gasteiger partial charge in [0.2, 0.25) is 0 Å². The van der Waals surface area contributed by atoms with E-state index >= 15 is 0 Å². The third-order valence-corrected chi connectivity index (χ3v) is 20.3. The molecule has 2 aliphatic carbocycles. The Morgan fingerprint density at radius 1 is 0.404 bits per heavy atom. The van der Waals surface area contributed by atoms with Gasteiger partial charge in [0.25, 0.3) is 0 Å². The fraction of sp³-hybridized carbons (Fsp3) is 0.156. The van der Waals surface area contributed by atoms with E-state index in [2.05, 4.69) is 261 Å². The first-order valence-electron chi connectivity index (χ1n) is 33.7. The summed E-state index contributed by atoms with van der Waals surface area (Å²) < 4.78 is 23.3. The molecule has 1 unspecified atom stereocenters. The van der Waals surface area contributed by atoms with Crippen LogP contribution in [-0.4, -0.2) is 4.57 Å². The van der Waals surface area contributed by atoms with Crippen LogP contribution in [0.15, 0.2) is 286 Å². The van der Waals surface area contributed by atoms with E-state index < -0.39 is 0 Å². The molecule has 0 spiro atoms. The number of halogens is 1. The Bertz CT molecular complexity index is 4920. The van der Waals surface area contributed by atoms with Crippen LogP contribution in [0, 0.1) is 5.82 Å². The van der Waals surface area contributed by atoms with Gasteiger partial charge in [-0.2, -0.15) is 0 Å². The van der Waals surface area contributed by atoms with Crippen molar-refractivity contribution in [3.05, 3.63) is 336 Å². The number of unbranched alkanes of at least 4 members (excludes halogenated alkanes) is 7. The highest BCUT2D eigenvalue weighted by Crippen LogP contribution is 2.57. The van der Waals surface area contributed by atoms with Crippen LogP contribution in [0.25, 0.3) is 84.2 Å². The van der Waals surface area contributed by atoms with Gasteiger partial charge in [0.15, 0.2) is 0 Å². The largest absolute Gasteiger partial charge is 0.457 e. The van der Waals surface area contributed by atoms with Crippen molar-refractivity contribution in [1.29, 1.82) is 0 Å². The van der Waals surface area contributed by atoms with Crippen LogP contribution in [0.3, 0.4) is 0 Å². The van der Waals surface area contributed by atoms with E-state index in [-0.39, 0.29) is 16.6 Å². The number of nitrogens with zero attached hydrogens (tertiary/aromatic N) is 2. The molecule has 1 heterocycles. The van der Waals surface area contributed by atoms with Gasteiger partial charge in [0.1, 0.15) is 17.3 Å². The summed E-state index contributed by atoms with van der Waals surface area (Å²) in [5.74, 6) is 1.44. The van der Waals surface area contributed by atoms with Crippen molar-refractivity contribution in [3.63, 3.8) is 0 Å². The van der Waals surface area contributed by atoms with Gasteiger partial charge < -0.3 is 14.2 Å². The predicted molar refractivity (Wildman–Crippen MR) is 394 cm³/mol. The highest BCUT2D eigenvalue weighted by Gasteiger charge is 2.44. The number of rotatable bonds is 22. The molecule has 1 atom stereocenters. The van der Waals surface area contributed by atoms with E-state index in [4.69, 9.17) is 4.74 Å². The van der Waals surface area contributed by atoms with E-state index in [9.17, 15) is 4.39 Å². The van der Waals surface area contributed by atoms with Gasteiger partial charge in [0.05, 0.1) is 11.0 Å². The number of benzene rings is 12. The summed E-state index contributed by atoms with van der Waals surface area (Å²) in [7, 11) is 0. The molecule has 0 saturated heterocycles. The lowest BCUT2D eigenvalue weighted by atomic mass is 9.69. The highest BCUT2D eigenvalue weighted by molar-refractivity contribution is 6.10. The lowest BCUT2D eigenvalue weighted by Gasteiger charge is -2.34. The molecule has 0 saturated carbocycles. The number of aromatic nitrogens is 1. The monoisotopic (exact) mass is 1220 g/mol. The molecule has 12 aromatic carbocycles. The van der Waals surface area contributed by atoms with Crippen molar-refractivity contribution in [2.75, 3.05) is 4.90 Å². The van der Waals surface area contributed by atoms with Gasteiger partial charge in [0, 0.05) is 44.4 Å². The molecule has 0 N–H and O–H groups in total. The Hall–Kier alpha value is -10.6. The normalized spacial score (nSPS) is 14.1. The summed E-state index contributed by atoms with van der Waals surface area (Å²) in [5.41, 5.74) is 26.0. The second kappa shape index (κ2) is 25.5. The Morgan fingerprint density at radius 3 is 1.59 bits per heavy atom. The minimum absolute atomic E-state index is 0.232. The smallest absolute Gasteiger partial charge is 0.127 e. The molecule has 0 radical (unpaired) electrons. The average Bonchev–Trinajstić information content (AvgIpc) is 1.56. The number of hydrogen-bond acceptors (Lipinski definition) is 2. The molecular weight excluding hydrogens is 1140 g/mol. The topological polar surface area (TPSA) is 17.4 Å². The molecule has 13 aromatic rings. The number of fused-ring (bicyclic) bond motifs is 9. The zero-order valence-electron chi connectivity index (χ0n) is 53.8. The maximum atomic E-state index is 14.9. The zero-order chi connectivity index (χ0) is 63.8. The SMILES string of the molecule is C=Cc1ccc(Oc2ccc(CCCCCCCCCCC3(c4ccccc4)c4ccccc4-c4ccc(N(c5ccc(F)cc5)c5ccc(-c6ccc7c(c6)C(C)(C)c6cc(-c8ccc9c(c8)c8ccccc8n9-c8ccc(C=C)cc8)ccc6-7)cc5)cc43)cc2)cc1. The van der Waals surface area contributed by atoms with Gasteiger partial charge in [-0.3, -0.25) is 0 Å². The first kappa shape index (κ1) is 59.7.